The fraction of sp³-hybridized carbons (Fsp3) is 0.150. The van der Waals surface area contributed by atoms with Crippen LogP contribution in [0.2, 0.25) is 0 Å². The number of nitriles is 1. The van der Waals surface area contributed by atoms with Crippen LogP contribution in [0.1, 0.15) is 23.7 Å². The van der Waals surface area contributed by atoms with E-state index in [-0.39, 0.29) is 5.82 Å². The number of hydrogen-bond acceptors (Lipinski definition) is 2. The minimum absolute atomic E-state index is 0.298. The highest BCUT2D eigenvalue weighted by Gasteiger charge is 2.15. The number of rotatable bonds is 2. The third-order valence-electron chi connectivity index (χ3n) is 3.87. The average Bonchev–Trinajstić information content (AvgIpc) is 2.92. The van der Waals surface area contributed by atoms with Crippen LogP contribution in [0.4, 0.5) is 4.39 Å². The number of benzene rings is 2. The highest BCUT2D eigenvalue weighted by Crippen LogP contribution is 2.28. The van der Waals surface area contributed by atoms with Crippen LogP contribution in [-0.2, 0) is 6.54 Å². The molecule has 0 aliphatic heterocycles. The standard InChI is InChI=1S/C20H15FN2O/c1-3-23-19(11-6-14-4-7-15(21)8-5-14)18(13-22)17-10-9-16(24-2)12-20(17)23/h4-5,7-10,12H,3H2,1-2H3. The second-order valence-electron chi connectivity index (χ2n) is 5.22. The van der Waals surface area contributed by atoms with Crippen molar-refractivity contribution < 1.29 is 9.13 Å². The van der Waals surface area contributed by atoms with Gasteiger partial charge in [0.2, 0.25) is 0 Å². The molecule has 3 aromatic rings. The fourth-order valence-corrected chi connectivity index (χ4v) is 2.69. The Balaban J connectivity index is 2.20. The molecule has 3 nitrogen and oxygen atoms in total. The van der Waals surface area contributed by atoms with E-state index < -0.39 is 0 Å². The molecule has 0 saturated heterocycles. The molecule has 0 N–H and O–H groups in total. The number of nitrogens with zero attached hydrogens (tertiary/aromatic N) is 2. The summed E-state index contributed by atoms with van der Waals surface area (Å²) in [5.74, 6) is 6.52. The number of ether oxygens (including phenoxy) is 1. The highest BCUT2D eigenvalue weighted by atomic mass is 19.1. The van der Waals surface area contributed by atoms with E-state index in [1.54, 1.807) is 19.2 Å². The zero-order valence-electron chi connectivity index (χ0n) is 13.4. The number of fused-ring (bicyclic) bond motifs is 1. The molecule has 0 bridgehead atoms. The van der Waals surface area contributed by atoms with Crippen LogP contribution in [0, 0.1) is 29.0 Å². The molecule has 1 heterocycles. The van der Waals surface area contributed by atoms with Crippen molar-refractivity contribution in [2.24, 2.45) is 0 Å². The number of halogens is 1. The van der Waals surface area contributed by atoms with Gasteiger partial charge >= 0.3 is 0 Å². The third kappa shape index (κ3) is 2.71. The molecule has 0 spiro atoms. The second kappa shape index (κ2) is 6.48. The predicted octanol–water partition coefficient (Wildman–Crippen LogP) is 4.08. The summed E-state index contributed by atoms with van der Waals surface area (Å²) in [5, 5.41) is 10.4. The van der Waals surface area contributed by atoms with E-state index in [4.69, 9.17) is 4.74 Å². The molecule has 0 radical (unpaired) electrons. The smallest absolute Gasteiger partial charge is 0.123 e. The van der Waals surface area contributed by atoms with Gasteiger partial charge in [0, 0.05) is 23.6 Å². The summed E-state index contributed by atoms with van der Waals surface area (Å²) in [5.41, 5.74) is 2.82. The first kappa shape index (κ1) is 15.6. The number of methoxy groups -OCH3 is 1. The van der Waals surface area contributed by atoms with Gasteiger partial charge in [-0.05, 0) is 49.2 Å². The van der Waals surface area contributed by atoms with Gasteiger partial charge in [-0.25, -0.2) is 4.39 Å². The van der Waals surface area contributed by atoms with Gasteiger partial charge in [0.1, 0.15) is 23.3 Å². The minimum atomic E-state index is -0.298. The Labute approximate surface area is 139 Å². The van der Waals surface area contributed by atoms with Crippen LogP contribution in [0.5, 0.6) is 5.75 Å². The molecular weight excluding hydrogens is 303 g/mol. The number of aromatic nitrogens is 1. The summed E-state index contributed by atoms with van der Waals surface area (Å²) >= 11 is 0. The lowest BCUT2D eigenvalue weighted by molar-refractivity contribution is 0.415. The van der Waals surface area contributed by atoms with Crippen LogP contribution in [0.25, 0.3) is 10.9 Å². The Hall–Kier alpha value is -3.24. The zero-order chi connectivity index (χ0) is 17.1. The van der Waals surface area contributed by atoms with E-state index in [0.29, 0.717) is 23.4 Å². The number of aryl methyl sites for hydroxylation is 1. The van der Waals surface area contributed by atoms with E-state index in [1.807, 2.05) is 29.7 Å². The summed E-state index contributed by atoms with van der Waals surface area (Å²) in [6.07, 6.45) is 0. The summed E-state index contributed by atoms with van der Waals surface area (Å²) < 4.78 is 20.3. The topological polar surface area (TPSA) is 38.0 Å². The van der Waals surface area contributed by atoms with Crippen LogP contribution in [0.15, 0.2) is 42.5 Å². The van der Waals surface area contributed by atoms with Gasteiger partial charge in [-0.15, -0.1) is 0 Å². The van der Waals surface area contributed by atoms with Crippen molar-refractivity contribution >= 4 is 10.9 Å². The van der Waals surface area contributed by atoms with Crippen molar-refractivity contribution in [2.45, 2.75) is 13.5 Å². The molecule has 0 fully saturated rings. The van der Waals surface area contributed by atoms with Gasteiger partial charge in [0.15, 0.2) is 0 Å². The molecule has 0 aliphatic carbocycles. The molecule has 24 heavy (non-hydrogen) atoms. The quantitative estimate of drug-likeness (QED) is 0.668. The summed E-state index contributed by atoms with van der Waals surface area (Å²) in [7, 11) is 1.61. The summed E-state index contributed by atoms with van der Waals surface area (Å²) in [4.78, 5) is 0. The van der Waals surface area contributed by atoms with Gasteiger partial charge in [-0.1, -0.05) is 5.92 Å². The Morgan fingerprint density at radius 2 is 1.88 bits per heavy atom. The van der Waals surface area contributed by atoms with E-state index in [9.17, 15) is 9.65 Å². The molecule has 0 aliphatic rings. The predicted molar refractivity (Wildman–Crippen MR) is 91.3 cm³/mol. The minimum Gasteiger partial charge on any atom is -0.497 e. The highest BCUT2D eigenvalue weighted by molar-refractivity contribution is 5.90. The van der Waals surface area contributed by atoms with E-state index in [0.717, 1.165) is 16.7 Å². The van der Waals surface area contributed by atoms with Crippen LogP contribution in [0.3, 0.4) is 0 Å². The first-order valence-electron chi connectivity index (χ1n) is 7.55. The molecule has 2 aromatic carbocycles. The lowest BCUT2D eigenvalue weighted by atomic mass is 10.1. The normalized spacial score (nSPS) is 10.1. The Bertz CT molecular complexity index is 999. The van der Waals surface area contributed by atoms with Crippen LogP contribution < -0.4 is 4.74 Å². The fourth-order valence-electron chi connectivity index (χ4n) is 2.69. The first-order valence-corrected chi connectivity index (χ1v) is 7.55. The monoisotopic (exact) mass is 318 g/mol. The molecule has 3 rings (SSSR count). The molecule has 0 unspecified atom stereocenters. The summed E-state index contributed by atoms with van der Waals surface area (Å²) in [6.45, 7) is 2.68. The van der Waals surface area contributed by atoms with Crippen LogP contribution >= 0.6 is 0 Å². The second-order valence-corrected chi connectivity index (χ2v) is 5.22. The van der Waals surface area contributed by atoms with Crippen molar-refractivity contribution in [1.29, 1.82) is 5.26 Å². The zero-order valence-corrected chi connectivity index (χ0v) is 13.4. The van der Waals surface area contributed by atoms with Crippen molar-refractivity contribution in [2.75, 3.05) is 7.11 Å². The van der Waals surface area contributed by atoms with Gasteiger partial charge in [0.25, 0.3) is 0 Å². The Morgan fingerprint density at radius 3 is 2.50 bits per heavy atom. The lowest BCUT2D eigenvalue weighted by Crippen LogP contribution is -1.98. The third-order valence-corrected chi connectivity index (χ3v) is 3.87. The van der Waals surface area contributed by atoms with Gasteiger partial charge in [0.05, 0.1) is 18.2 Å². The Morgan fingerprint density at radius 1 is 1.12 bits per heavy atom. The molecule has 1 aromatic heterocycles. The molecule has 4 heteroatoms. The van der Waals surface area contributed by atoms with E-state index in [1.165, 1.54) is 12.1 Å². The van der Waals surface area contributed by atoms with E-state index >= 15 is 0 Å². The maximum absolute atomic E-state index is 13.0. The van der Waals surface area contributed by atoms with Gasteiger partial charge in [-0.3, -0.25) is 0 Å². The lowest BCUT2D eigenvalue weighted by Gasteiger charge is -2.04. The van der Waals surface area contributed by atoms with Gasteiger partial charge < -0.3 is 9.30 Å². The van der Waals surface area contributed by atoms with Crippen LogP contribution in [-0.4, -0.2) is 11.7 Å². The van der Waals surface area contributed by atoms with Gasteiger partial charge in [-0.2, -0.15) is 5.26 Å². The van der Waals surface area contributed by atoms with E-state index in [2.05, 4.69) is 17.9 Å². The molecule has 0 atom stereocenters. The first-order chi connectivity index (χ1) is 11.7. The van der Waals surface area contributed by atoms with Crippen molar-refractivity contribution in [3.8, 4) is 23.7 Å². The molecule has 0 saturated carbocycles. The maximum atomic E-state index is 13.0. The average molecular weight is 318 g/mol. The van der Waals surface area contributed by atoms with Crippen molar-refractivity contribution in [3.63, 3.8) is 0 Å². The Kier molecular flexibility index (Phi) is 4.22. The van der Waals surface area contributed by atoms with Crippen molar-refractivity contribution in [1.82, 2.24) is 4.57 Å². The largest absolute Gasteiger partial charge is 0.497 e. The number of hydrogen-bond donors (Lipinski definition) is 0. The SMILES string of the molecule is CCn1c(C#Cc2ccc(F)cc2)c(C#N)c2ccc(OC)cc21. The van der Waals surface area contributed by atoms with Crippen molar-refractivity contribution in [3.05, 3.63) is 65.1 Å². The molecular formula is C20H15FN2O. The maximum Gasteiger partial charge on any atom is 0.123 e. The molecule has 118 valence electrons. The summed E-state index contributed by atoms with van der Waals surface area (Å²) in [6, 6.07) is 13.9. The molecule has 0 amide bonds.